The Morgan fingerprint density at radius 1 is 0.407 bits per heavy atom. The standard InChI is InChI=1S/C50H70O2S2/c1-5-9-13-17-19-23-27-37(25-21-15-11-7-3)29-41-43-33-48-44(34-47(43)49-45(41)31-39(35-51)53-49)42(46-32-40(36-52)54-50(46)48)30-38(26-22-16-12-8-4)28-24-20-18-14-10-6-2/h29-38H,5-28H2,1-4H3/b41-29+,42-30+. The van der Waals surface area contributed by atoms with Gasteiger partial charge in [-0.2, -0.15) is 0 Å². The van der Waals surface area contributed by atoms with Crippen molar-refractivity contribution >= 4 is 46.4 Å². The van der Waals surface area contributed by atoms with Crippen LogP contribution in [0.5, 0.6) is 0 Å². The molecule has 0 saturated carbocycles. The van der Waals surface area contributed by atoms with Crippen molar-refractivity contribution in [1.29, 1.82) is 0 Å². The van der Waals surface area contributed by atoms with Crippen molar-refractivity contribution in [1.82, 2.24) is 0 Å². The van der Waals surface area contributed by atoms with Gasteiger partial charge in [0, 0.05) is 32.0 Å². The van der Waals surface area contributed by atoms with Gasteiger partial charge in [0.1, 0.15) is 0 Å². The summed E-state index contributed by atoms with van der Waals surface area (Å²) in [6.45, 7) is 9.19. The van der Waals surface area contributed by atoms with E-state index in [9.17, 15) is 9.59 Å². The summed E-state index contributed by atoms with van der Waals surface area (Å²) in [6.07, 6.45) is 38.5. The van der Waals surface area contributed by atoms with Crippen LogP contribution in [0.3, 0.4) is 0 Å². The van der Waals surface area contributed by atoms with Crippen LogP contribution in [-0.4, -0.2) is 12.6 Å². The molecule has 0 radical (unpaired) electrons. The quantitative estimate of drug-likeness (QED) is 0.0375. The first-order chi connectivity index (χ1) is 26.6. The van der Waals surface area contributed by atoms with Gasteiger partial charge < -0.3 is 0 Å². The molecule has 5 rings (SSSR count). The van der Waals surface area contributed by atoms with E-state index in [4.69, 9.17) is 0 Å². The maximum atomic E-state index is 12.2. The van der Waals surface area contributed by atoms with Crippen LogP contribution in [0.15, 0.2) is 36.4 Å². The van der Waals surface area contributed by atoms with E-state index in [-0.39, 0.29) is 0 Å². The van der Waals surface area contributed by atoms with Gasteiger partial charge in [-0.15, -0.1) is 22.7 Å². The second-order valence-corrected chi connectivity index (χ2v) is 18.6. The van der Waals surface area contributed by atoms with Crippen LogP contribution in [0.1, 0.15) is 223 Å². The molecule has 0 aliphatic heterocycles. The number of allylic oxidation sites excluding steroid dienone is 2. The first-order valence-corrected chi connectivity index (χ1v) is 24.0. The predicted octanol–water partition coefficient (Wildman–Crippen LogP) is 16.9. The monoisotopic (exact) mass is 766 g/mol. The van der Waals surface area contributed by atoms with Gasteiger partial charge in [-0.1, -0.05) is 168 Å². The van der Waals surface area contributed by atoms with E-state index in [0.717, 1.165) is 22.3 Å². The number of unbranched alkanes of at least 4 members (excludes halogenated alkanes) is 16. The SMILES string of the molecule is CCCCCCCCC(/C=C1\c2cc3c(cc2-c2sc(C=O)cc21)/C(=C\C(CCCCCC)CCCCCCCC)c1cc(C=O)sc1-3)CCCCCC. The second-order valence-electron chi connectivity index (χ2n) is 16.5. The molecule has 54 heavy (non-hydrogen) atoms. The highest BCUT2D eigenvalue weighted by atomic mass is 32.1. The molecule has 2 aliphatic rings. The summed E-state index contributed by atoms with van der Waals surface area (Å²) >= 11 is 3.33. The molecule has 0 saturated heterocycles. The third-order valence-corrected chi connectivity index (χ3v) is 14.2. The van der Waals surface area contributed by atoms with Crippen LogP contribution < -0.4 is 0 Å². The van der Waals surface area contributed by atoms with Gasteiger partial charge >= 0.3 is 0 Å². The zero-order valence-corrected chi connectivity index (χ0v) is 36.0. The summed E-state index contributed by atoms with van der Waals surface area (Å²) in [6, 6.07) is 9.26. The van der Waals surface area contributed by atoms with E-state index in [1.165, 1.54) is 208 Å². The van der Waals surface area contributed by atoms with Gasteiger partial charge in [-0.25, -0.2) is 0 Å². The minimum atomic E-state index is 0.541. The van der Waals surface area contributed by atoms with Gasteiger partial charge in [0.15, 0.2) is 12.6 Å². The first kappa shape index (κ1) is 42.6. The lowest BCUT2D eigenvalue weighted by Crippen LogP contribution is -2.00. The average Bonchev–Trinajstić information content (AvgIpc) is 3.94. The Morgan fingerprint density at radius 3 is 1.06 bits per heavy atom. The number of rotatable bonds is 28. The van der Waals surface area contributed by atoms with E-state index in [1.807, 2.05) is 0 Å². The molecule has 2 nitrogen and oxygen atoms in total. The molecular formula is C50H70O2S2. The Bertz CT molecular complexity index is 1560. The van der Waals surface area contributed by atoms with Crippen molar-refractivity contribution < 1.29 is 9.59 Å². The van der Waals surface area contributed by atoms with Gasteiger partial charge in [0.25, 0.3) is 0 Å². The summed E-state index contributed by atoms with van der Waals surface area (Å²) in [4.78, 5) is 28.5. The number of fused-ring (bicyclic) bond motifs is 6. The zero-order valence-electron chi connectivity index (χ0n) is 34.4. The molecule has 2 aliphatic carbocycles. The van der Waals surface area contributed by atoms with Crippen LogP contribution in [0, 0.1) is 11.8 Å². The van der Waals surface area contributed by atoms with E-state index in [2.05, 4.69) is 64.1 Å². The van der Waals surface area contributed by atoms with Gasteiger partial charge in [-0.3, -0.25) is 9.59 Å². The van der Waals surface area contributed by atoms with Crippen molar-refractivity contribution in [3.8, 4) is 20.9 Å². The molecule has 4 heteroatoms. The van der Waals surface area contributed by atoms with Crippen molar-refractivity contribution in [2.45, 2.75) is 182 Å². The van der Waals surface area contributed by atoms with Crippen molar-refractivity contribution in [2.24, 2.45) is 11.8 Å². The fourth-order valence-corrected chi connectivity index (χ4v) is 11.0. The van der Waals surface area contributed by atoms with Gasteiger partial charge in [0.05, 0.1) is 9.75 Å². The molecule has 2 aromatic heterocycles. The zero-order chi connectivity index (χ0) is 38.1. The Labute approximate surface area is 337 Å². The van der Waals surface area contributed by atoms with Crippen LogP contribution in [-0.2, 0) is 0 Å². The fraction of sp³-hybridized carbons (Fsp3) is 0.600. The lowest BCUT2D eigenvalue weighted by atomic mass is 9.88. The second kappa shape index (κ2) is 22.9. The normalized spacial score (nSPS) is 15.4. The minimum Gasteiger partial charge on any atom is -0.297 e. The summed E-state index contributed by atoms with van der Waals surface area (Å²) in [5.74, 6) is 1.08. The molecule has 0 amide bonds. The first-order valence-electron chi connectivity index (χ1n) is 22.4. The molecule has 2 heterocycles. The summed E-state index contributed by atoms with van der Waals surface area (Å²) < 4.78 is 0. The molecule has 2 atom stereocenters. The molecule has 0 fully saturated rings. The number of benzene rings is 1. The van der Waals surface area contributed by atoms with Crippen molar-refractivity contribution in [3.63, 3.8) is 0 Å². The highest BCUT2D eigenvalue weighted by molar-refractivity contribution is 7.18. The maximum Gasteiger partial charge on any atom is 0.160 e. The van der Waals surface area contributed by atoms with E-state index in [1.54, 1.807) is 22.7 Å². The third kappa shape index (κ3) is 11.3. The smallest absolute Gasteiger partial charge is 0.160 e. The molecule has 2 unspecified atom stereocenters. The van der Waals surface area contributed by atoms with E-state index in [0.29, 0.717) is 11.8 Å². The van der Waals surface area contributed by atoms with E-state index < -0.39 is 0 Å². The average molecular weight is 767 g/mol. The number of hydrogen-bond donors (Lipinski definition) is 0. The molecule has 0 bridgehead atoms. The number of carbonyl (C=O) groups is 2. The summed E-state index contributed by atoms with van der Waals surface area (Å²) in [7, 11) is 0. The molecule has 0 N–H and O–H groups in total. The van der Waals surface area contributed by atoms with Crippen LogP contribution >= 0.6 is 22.7 Å². The summed E-state index contributed by atoms with van der Waals surface area (Å²) in [5.41, 5.74) is 10.4. The lowest BCUT2D eigenvalue weighted by Gasteiger charge is -2.16. The van der Waals surface area contributed by atoms with Crippen LogP contribution in [0.2, 0.25) is 0 Å². The van der Waals surface area contributed by atoms with Crippen LogP contribution in [0.4, 0.5) is 0 Å². The fourth-order valence-electron chi connectivity index (χ4n) is 8.94. The molecule has 294 valence electrons. The third-order valence-electron chi connectivity index (χ3n) is 12.1. The van der Waals surface area contributed by atoms with Gasteiger partial charge in [-0.05, 0) is 84.1 Å². The molecular weight excluding hydrogens is 697 g/mol. The Kier molecular flexibility index (Phi) is 18.0. The predicted molar refractivity (Wildman–Crippen MR) is 238 cm³/mol. The Morgan fingerprint density at radius 2 is 0.722 bits per heavy atom. The van der Waals surface area contributed by atoms with Crippen molar-refractivity contribution in [2.75, 3.05) is 0 Å². The Balaban J connectivity index is 1.52. The van der Waals surface area contributed by atoms with E-state index >= 15 is 0 Å². The maximum absolute atomic E-state index is 12.2. The number of thiophene rings is 2. The lowest BCUT2D eigenvalue weighted by molar-refractivity contribution is 0.111. The highest BCUT2D eigenvalue weighted by Crippen LogP contribution is 2.56. The number of hydrogen-bond acceptors (Lipinski definition) is 4. The largest absolute Gasteiger partial charge is 0.297 e. The topological polar surface area (TPSA) is 34.1 Å². The number of carbonyl (C=O) groups excluding carboxylic acids is 2. The van der Waals surface area contributed by atoms with Crippen molar-refractivity contribution in [3.05, 3.63) is 68.4 Å². The minimum absolute atomic E-state index is 0.541. The highest BCUT2D eigenvalue weighted by Gasteiger charge is 2.34. The summed E-state index contributed by atoms with van der Waals surface area (Å²) in [5, 5.41) is 0. The molecule has 1 aromatic carbocycles. The van der Waals surface area contributed by atoms with Gasteiger partial charge in [0.2, 0.25) is 0 Å². The number of aldehydes is 2. The Hall–Kier alpha value is -2.56. The molecule has 0 spiro atoms. The van der Waals surface area contributed by atoms with Crippen LogP contribution in [0.25, 0.3) is 32.0 Å². The molecule has 3 aromatic rings.